The quantitative estimate of drug-likeness (QED) is 0.624. The van der Waals surface area contributed by atoms with Crippen LogP contribution in [0.5, 0.6) is 0 Å². The molecule has 0 saturated heterocycles. The highest BCUT2D eigenvalue weighted by atomic mass is 35.5. The van der Waals surface area contributed by atoms with E-state index in [-0.39, 0.29) is 12.1 Å². The van der Waals surface area contributed by atoms with Crippen LogP contribution in [-0.4, -0.2) is 29.6 Å². The lowest BCUT2D eigenvalue weighted by Gasteiger charge is -2.26. The number of fused-ring (bicyclic) bond motifs is 1. The van der Waals surface area contributed by atoms with E-state index in [4.69, 9.17) is 17.4 Å². The van der Waals surface area contributed by atoms with Crippen LogP contribution in [0.1, 0.15) is 5.56 Å². The zero-order chi connectivity index (χ0) is 13.2. The average Bonchev–Trinajstić information content (AvgIpc) is 2.84. The molecule has 0 radical (unpaired) electrons. The van der Waals surface area contributed by atoms with Gasteiger partial charge in [-0.2, -0.15) is 5.10 Å². The van der Waals surface area contributed by atoms with E-state index in [0.717, 1.165) is 10.6 Å². The number of benzene rings is 1. The van der Waals surface area contributed by atoms with E-state index in [0.29, 0.717) is 12.4 Å². The third-order valence-electron chi connectivity index (χ3n) is 3.14. The van der Waals surface area contributed by atoms with Crippen LogP contribution in [0, 0.1) is 5.92 Å². The van der Waals surface area contributed by atoms with E-state index in [1.807, 2.05) is 35.5 Å². The third kappa shape index (κ3) is 2.32. The molecule has 0 saturated carbocycles. The van der Waals surface area contributed by atoms with Crippen LogP contribution < -0.4 is 11.3 Å². The van der Waals surface area contributed by atoms with Gasteiger partial charge in [0.1, 0.15) is 12.2 Å². The summed E-state index contributed by atoms with van der Waals surface area (Å²) in [5, 5.41) is 7.02. The SMILES string of the molecule is NNC1=NC=N[C@H]2[C@@H]1C=NN2Cc1ccc(Cl)cc1. The first-order valence-corrected chi connectivity index (χ1v) is 6.27. The van der Waals surface area contributed by atoms with E-state index in [9.17, 15) is 0 Å². The molecule has 98 valence electrons. The molecule has 0 aromatic heterocycles. The van der Waals surface area contributed by atoms with Gasteiger partial charge in [-0.25, -0.2) is 15.8 Å². The van der Waals surface area contributed by atoms with Gasteiger partial charge in [0.25, 0.3) is 0 Å². The molecule has 0 bridgehead atoms. The molecule has 0 unspecified atom stereocenters. The number of nitrogens with zero attached hydrogens (tertiary/aromatic N) is 4. The van der Waals surface area contributed by atoms with Gasteiger partial charge in [0, 0.05) is 11.2 Å². The number of aliphatic imine (C=N–C) groups is 2. The Hall–Kier alpha value is -1.92. The van der Waals surface area contributed by atoms with Crippen molar-refractivity contribution in [3.8, 4) is 0 Å². The van der Waals surface area contributed by atoms with E-state index >= 15 is 0 Å². The minimum atomic E-state index is -0.0840. The summed E-state index contributed by atoms with van der Waals surface area (Å²) in [6.07, 6.45) is 3.24. The number of hydrogen-bond donors (Lipinski definition) is 2. The molecule has 19 heavy (non-hydrogen) atoms. The number of nitrogens with one attached hydrogen (secondary N) is 1. The van der Waals surface area contributed by atoms with Crippen molar-refractivity contribution in [2.24, 2.45) is 26.8 Å². The Morgan fingerprint density at radius 3 is 2.84 bits per heavy atom. The molecule has 3 N–H and O–H groups in total. The first-order valence-electron chi connectivity index (χ1n) is 5.89. The maximum Gasteiger partial charge on any atom is 0.154 e. The minimum absolute atomic E-state index is 0.0118. The summed E-state index contributed by atoms with van der Waals surface area (Å²) in [5.74, 6) is 6.11. The van der Waals surface area contributed by atoms with Gasteiger partial charge in [0.05, 0.1) is 12.5 Å². The van der Waals surface area contributed by atoms with Crippen molar-refractivity contribution in [3.05, 3.63) is 34.9 Å². The van der Waals surface area contributed by atoms with Crippen molar-refractivity contribution in [2.75, 3.05) is 0 Å². The second-order valence-corrected chi connectivity index (χ2v) is 4.79. The number of amidine groups is 1. The summed E-state index contributed by atoms with van der Waals surface area (Å²) in [5.41, 5.74) is 3.72. The molecule has 1 aromatic carbocycles. The molecule has 6 nitrogen and oxygen atoms in total. The van der Waals surface area contributed by atoms with Gasteiger partial charge in [-0.15, -0.1) is 0 Å². The average molecular weight is 277 g/mol. The normalized spacial score (nSPS) is 24.3. The lowest BCUT2D eigenvalue weighted by atomic mass is 10.1. The molecule has 2 aliphatic rings. The number of nitrogens with two attached hydrogens (primary N) is 1. The summed E-state index contributed by atoms with van der Waals surface area (Å²) in [7, 11) is 0. The van der Waals surface area contributed by atoms with Crippen molar-refractivity contribution in [3.63, 3.8) is 0 Å². The van der Waals surface area contributed by atoms with Crippen molar-refractivity contribution < 1.29 is 0 Å². The Balaban J connectivity index is 1.75. The van der Waals surface area contributed by atoms with Crippen molar-refractivity contribution >= 4 is 30.0 Å². The number of hydrogen-bond acceptors (Lipinski definition) is 6. The van der Waals surface area contributed by atoms with Gasteiger partial charge in [-0.3, -0.25) is 5.01 Å². The Bertz CT molecular complexity index is 550. The van der Waals surface area contributed by atoms with E-state index in [1.165, 1.54) is 6.34 Å². The molecular weight excluding hydrogens is 264 g/mol. The number of halogens is 1. The van der Waals surface area contributed by atoms with Gasteiger partial charge in [0.2, 0.25) is 0 Å². The molecule has 0 amide bonds. The molecule has 3 rings (SSSR count). The van der Waals surface area contributed by atoms with Crippen LogP contribution in [0.2, 0.25) is 5.02 Å². The summed E-state index contributed by atoms with van der Waals surface area (Å²) >= 11 is 5.87. The Morgan fingerprint density at radius 2 is 2.11 bits per heavy atom. The van der Waals surface area contributed by atoms with E-state index < -0.39 is 0 Å². The third-order valence-corrected chi connectivity index (χ3v) is 3.39. The maximum absolute atomic E-state index is 5.87. The summed E-state index contributed by atoms with van der Waals surface area (Å²) in [6.45, 7) is 0.671. The predicted molar refractivity (Wildman–Crippen MR) is 76.0 cm³/mol. The van der Waals surface area contributed by atoms with Gasteiger partial charge >= 0.3 is 0 Å². The fourth-order valence-electron chi connectivity index (χ4n) is 2.16. The summed E-state index contributed by atoms with van der Waals surface area (Å²) < 4.78 is 0. The molecule has 7 heteroatoms. The fourth-order valence-corrected chi connectivity index (χ4v) is 2.29. The predicted octanol–water partition coefficient (Wildman–Crippen LogP) is 0.987. The van der Waals surface area contributed by atoms with Gasteiger partial charge in [-0.05, 0) is 17.7 Å². The topological polar surface area (TPSA) is 78.4 Å². The van der Waals surface area contributed by atoms with Crippen LogP contribution in [0.25, 0.3) is 0 Å². The maximum atomic E-state index is 5.87. The second-order valence-electron chi connectivity index (χ2n) is 4.35. The van der Waals surface area contributed by atoms with Crippen molar-refractivity contribution in [1.29, 1.82) is 0 Å². The fraction of sp³-hybridized carbons (Fsp3) is 0.250. The molecule has 2 aliphatic heterocycles. The van der Waals surface area contributed by atoms with Crippen LogP contribution >= 0.6 is 11.6 Å². The van der Waals surface area contributed by atoms with Crippen LogP contribution in [0.4, 0.5) is 0 Å². The molecular formula is C12H13ClN6. The first-order chi connectivity index (χ1) is 9.28. The van der Waals surface area contributed by atoms with Gasteiger partial charge in [0.15, 0.2) is 6.17 Å². The zero-order valence-electron chi connectivity index (χ0n) is 10.1. The standard InChI is InChI=1S/C12H13ClN6/c13-9-3-1-8(2-4-9)6-19-12-10(5-17-19)11(18-14)15-7-16-12/h1-5,7,10,12H,6,14H2,(H,15,16,18)/t10-,12-/m1/s1. The van der Waals surface area contributed by atoms with E-state index in [1.54, 1.807) is 0 Å². The Labute approximate surface area is 115 Å². The highest BCUT2D eigenvalue weighted by Crippen LogP contribution is 2.24. The molecule has 2 atom stereocenters. The lowest BCUT2D eigenvalue weighted by molar-refractivity contribution is 0.213. The van der Waals surface area contributed by atoms with Crippen LogP contribution in [0.15, 0.2) is 39.4 Å². The number of hydrazine groups is 1. The molecule has 0 aliphatic carbocycles. The Morgan fingerprint density at radius 1 is 1.32 bits per heavy atom. The monoisotopic (exact) mass is 276 g/mol. The van der Waals surface area contributed by atoms with Gasteiger partial charge in [-0.1, -0.05) is 23.7 Å². The highest BCUT2D eigenvalue weighted by Gasteiger charge is 2.35. The highest BCUT2D eigenvalue weighted by molar-refractivity contribution is 6.30. The molecule has 2 heterocycles. The van der Waals surface area contributed by atoms with Crippen LogP contribution in [-0.2, 0) is 6.54 Å². The second kappa shape index (κ2) is 4.99. The molecule has 0 fully saturated rings. The van der Waals surface area contributed by atoms with Gasteiger partial charge < -0.3 is 5.43 Å². The smallest absolute Gasteiger partial charge is 0.154 e. The lowest BCUT2D eigenvalue weighted by Crippen LogP contribution is -2.45. The first kappa shape index (κ1) is 12.1. The Kier molecular flexibility index (Phi) is 3.18. The van der Waals surface area contributed by atoms with Crippen molar-refractivity contribution in [2.45, 2.75) is 12.7 Å². The number of rotatable bonds is 2. The molecule has 0 spiro atoms. The summed E-state index contributed by atoms with van der Waals surface area (Å²) in [4.78, 5) is 8.45. The summed E-state index contributed by atoms with van der Waals surface area (Å²) in [6, 6.07) is 7.70. The van der Waals surface area contributed by atoms with Crippen molar-refractivity contribution in [1.82, 2.24) is 10.4 Å². The molecule has 1 aromatic rings. The zero-order valence-corrected chi connectivity index (χ0v) is 10.8. The minimum Gasteiger partial charge on any atom is -0.311 e. The largest absolute Gasteiger partial charge is 0.311 e. The van der Waals surface area contributed by atoms with E-state index in [2.05, 4.69) is 20.5 Å². The number of hydrazone groups is 1. The van der Waals surface area contributed by atoms with Crippen LogP contribution in [0.3, 0.4) is 0 Å².